The van der Waals surface area contributed by atoms with Gasteiger partial charge in [-0.1, -0.05) is 82.3 Å². The van der Waals surface area contributed by atoms with Crippen molar-refractivity contribution in [1.82, 2.24) is 9.73 Å². The topological polar surface area (TPSA) is 78.8 Å². The van der Waals surface area contributed by atoms with Crippen LogP contribution >= 0.6 is 46.4 Å². The predicted octanol–water partition coefficient (Wildman–Crippen LogP) is 5.95. The third-order valence-electron chi connectivity index (χ3n) is 4.75. The maximum Gasteiger partial charge on any atom is 0.255 e. The molecule has 0 fully saturated rings. The summed E-state index contributed by atoms with van der Waals surface area (Å²) in [4.78, 5) is 12.7. The van der Waals surface area contributed by atoms with E-state index in [0.29, 0.717) is 16.1 Å². The third-order valence-corrected chi connectivity index (χ3v) is 8.10. The number of benzene rings is 3. The van der Waals surface area contributed by atoms with Crippen molar-refractivity contribution in [3.8, 4) is 0 Å². The minimum absolute atomic E-state index is 0.0308. The monoisotopic (exact) mass is 557 g/mol. The molecule has 0 radical (unpaired) electrons. The van der Waals surface area contributed by atoms with Crippen molar-refractivity contribution in [2.45, 2.75) is 18.4 Å². The third kappa shape index (κ3) is 6.50. The molecule has 0 aliphatic carbocycles. The Morgan fingerprint density at radius 3 is 2.18 bits per heavy atom. The Hall–Kier alpha value is -2.13. The molecule has 3 aromatic carbocycles. The number of rotatable bonds is 8. The van der Waals surface area contributed by atoms with Crippen molar-refractivity contribution in [2.75, 3.05) is 6.54 Å². The fourth-order valence-electron chi connectivity index (χ4n) is 2.93. The molecule has 34 heavy (non-hydrogen) atoms. The van der Waals surface area contributed by atoms with E-state index in [1.165, 1.54) is 18.3 Å². The summed E-state index contributed by atoms with van der Waals surface area (Å²) in [6, 6.07) is 16.1. The van der Waals surface area contributed by atoms with Crippen LogP contribution in [0.3, 0.4) is 0 Å². The molecule has 1 N–H and O–H groups in total. The highest BCUT2D eigenvalue weighted by molar-refractivity contribution is 7.89. The first-order valence-electron chi connectivity index (χ1n) is 9.85. The number of halogens is 4. The van der Waals surface area contributed by atoms with Gasteiger partial charge in [0.15, 0.2) is 0 Å². The fraction of sp³-hybridized carbons (Fsp3) is 0.130. The zero-order valence-electron chi connectivity index (χ0n) is 17.8. The van der Waals surface area contributed by atoms with E-state index in [1.54, 1.807) is 48.5 Å². The quantitative estimate of drug-likeness (QED) is 0.274. The lowest BCUT2D eigenvalue weighted by molar-refractivity contribution is -0.121. The smallest absolute Gasteiger partial charge is 0.255 e. The van der Waals surface area contributed by atoms with E-state index in [2.05, 4.69) is 10.5 Å². The molecule has 178 valence electrons. The average Bonchev–Trinajstić information content (AvgIpc) is 2.78. The second-order valence-corrected chi connectivity index (χ2v) is 10.8. The molecule has 3 aromatic rings. The van der Waals surface area contributed by atoms with Gasteiger partial charge in [0.05, 0.1) is 27.7 Å². The van der Waals surface area contributed by atoms with Crippen molar-refractivity contribution in [2.24, 2.45) is 5.10 Å². The zero-order chi connectivity index (χ0) is 24.9. The van der Waals surface area contributed by atoms with Gasteiger partial charge in [0, 0.05) is 27.7 Å². The molecule has 0 aliphatic rings. The molecule has 0 bridgehead atoms. The molecule has 0 saturated carbocycles. The number of nitrogens with one attached hydrogen (secondary N) is 1. The summed E-state index contributed by atoms with van der Waals surface area (Å²) in [5.74, 6) is -0.673. The van der Waals surface area contributed by atoms with E-state index in [4.69, 9.17) is 46.4 Å². The van der Waals surface area contributed by atoms with E-state index in [-0.39, 0.29) is 26.5 Å². The molecule has 0 aromatic heterocycles. The standard InChI is InChI=1S/C23H19Cl4N3O3S/c1-15-8-10-17(11-9-15)34(32,33)30(13-18-19(24)5-3-6-20(18)25)14-22(31)29-28-12-16-4-2-7-21(26)23(16)27/h2-12H,13-14H2,1H3,(H,29,31)/b28-12-. The number of carbonyl (C=O) groups is 1. The molecule has 3 rings (SSSR count). The highest BCUT2D eigenvalue weighted by Gasteiger charge is 2.28. The number of hydrogen-bond donors (Lipinski definition) is 1. The first-order valence-corrected chi connectivity index (χ1v) is 12.8. The van der Waals surface area contributed by atoms with Crippen molar-refractivity contribution in [3.63, 3.8) is 0 Å². The largest absolute Gasteiger partial charge is 0.272 e. The van der Waals surface area contributed by atoms with Gasteiger partial charge in [-0.3, -0.25) is 4.79 Å². The molecule has 0 heterocycles. The highest BCUT2D eigenvalue weighted by Crippen LogP contribution is 2.28. The molecular weight excluding hydrogens is 540 g/mol. The number of hydrazone groups is 1. The van der Waals surface area contributed by atoms with E-state index >= 15 is 0 Å². The summed E-state index contributed by atoms with van der Waals surface area (Å²) in [6.45, 7) is 1.10. The molecule has 0 atom stereocenters. The van der Waals surface area contributed by atoms with Crippen LogP contribution in [0.1, 0.15) is 16.7 Å². The van der Waals surface area contributed by atoms with Crippen LogP contribution in [-0.4, -0.2) is 31.4 Å². The maximum atomic E-state index is 13.4. The van der Waals surface area contributed by atoms with E-state index in [0.717, 1.165) is 9.87 Å². The highest BCUT2D eigenvalue weighted by atomic mass is 35.5. The molecule has 6 nitrogen and oxygen atoms in total. The van der Waals surface area contributed by atoms with Crippen LogP contribution in [0.2, 0.25) is 20.1 Å². The Labute approximate surface area is 218 Å². The van der Waals surface area contributed by atoms with Crippen LogP contribution in [0.15, 0.2) is 70.7 Å². The molecule has 0 saturated heterocycles. The summed E-state index contributed by atoms with van der Waals surface area (Å²) in [5.41, 5.74) is 4.07. The zero-order valence-corrected chi connectivity index (χ0v) is 21.6. The van der Waals surface area contributed by atoms with Crippen LogP contribution in [-0.2, 0) is 21.4 Å². The lowest BCUT2D eigenvalue weighted by Crippen LogP contribution is -2.39. The van der Waals surface area contributed by atoms with Gasteiger partial charge in [-0.2, -0.15) is 9.41 Å². The number of nitrogens with zero attached hydrogens (tertiary/aromatic N) is 2. The minimum atomic E-state index is -4.07. The number of carbonyl (C=O) groups excluding carboxylic acids is 1. The summed E-state index contributed by atoms with van der Waals surface area (Å²) in [7, 11) is -4.07. The van der Waals surface area contributed by atoms with Crippen LogP contribution in [0.5, 0.6) is 0 Å². The first-order chi connectivity index (χ1) is 16.1. The Morgan fingerprint density at radius 2 is 1.53 bits per heavy atom. The minimum Gasteiger partial charge on any atom is -0.272 e. The Bertz CT molecular complexity index is 1310. The first kappa shape index (κ1) is 26.5. The summed E-state index contributed by atoms with van der Waals surface area (Å²) in [6.07, 6.45) is 1.32. The van der Waals surface area contributed by atoms with Gasteiger partial charge in [-0.25, -0.2) is 13.8 Å². The summed E-state index contributed by atoms with van der Waals surface area (Å²) >= 11 is 24.6. The molecule has 11 heteroatoms. The SMILES string of the molecule is Cc1ccc(S(=O)(=O)N(CC(=O)N/N=C\c2cccc(Cl)c2Cl)Cc2c(Cl)cccc2Cl)cc1. The van der Waals surface area contributed by atoms with Gasteiger partial charge in [-0.05, 0) is 37.3 Å². The van der Waals surface area contributed by atoms with Crippen molar-refractivity contribution < 1.29 is 13.2 Å². The number of hydrogen-bond acceptors (Lipinski definition) is 4. The number of aryl methyl sites for hydroxylation is 1. The molecule has 1 amide bonds. The van der Waals surface area contributed by atoms with E-state index in [9.17, 15) is 13.2 Å². The van der Waals surface area contributed by atoms with Crippen molar-refractivity contribution in [3.05, 3.63) is 97.4 Å². The Morgan fingerprint density at radius 1 is 0.941 bits per heavy atom. The van der Waals surface area contributed by atoms with Crippen molar-refractivity contribution >= 4 is 68.5 Å². The number of amides is 1. The van der Waals surface area contributed by atoms with Gasteiger partial charge in [0.1, 0.15) is 0 Å². The van der Waals surface area contributed by atoms with Gasteiger partial charge in [0.25, 0.3) is 5.91 Å². The van der Waals surface area contributed by atoms with Gasteiger partial charge >= 0.3 is 0 Å². The van der Waals surface area contributed by atoms with Crippen LogP contribution in [0.25, 0.3) is 0 Å². The maximum absolute atomic E-state index is 13.4. The lowest BCUT2D eigenvalue weighted by Gasteiger charge is -2.22. The average molecular weight is 559 g/mol. The summed E-state index contributed by atoms with van der Waals surface area (Å²) < 4.78 is 27.7. The van der Waals surface area contributed by atoms with Gasteiger partial charge in [-0.15, -0.1) is 0 Å². The summed E-state index contributed by atoms with van der Waals surface area (Å²) in [5, 5.41) is 5.04. The van der Waals surface area contributed by atoms with Crippen LogP contribution in [0, 0.1) is 6.92 Å². The molecule has 0 unspecified atom stereocenters. The number of sulfonamides is 1. The second-order valence-electron chi connectivity index (χ2n) is 7.22. The normalized spacial score (nSPS) is 11.8. The van der Waals surface area contributed by atoms with Gasteiger partial charge < -0.3 is 0 Å². The van der Waals surface area contributed by atoms with Crippen LogP contribution < -0.4 is 5.43 Å². The lowest BCUT2D eigenvalue weighted by atomic mass is 10.2. The predicted molar refractivity (Wildman–Crippen MR) is 137 cm³/mol. The molecular formula is C23H19Cl4N3O3S. The van der Waals surface area contributed by atoms with E-state index in [1.807, 2.05) is 6.92 Å². The Balaban J connectivity index is 1.86. The van der Waals surface area contributed by atoms with Crippen molar-refractivity contribution in [1.29, 1.82) is 0 Å². The van der Waals surface area contributed by atoms with E-state index < -0.39 is 22.5 Å². The van der Waals surface area contributed by atoms with Crippen LogP contribution in [0.4, 0.5) is 0 Å². The second kappa shape index (κ2) is 11.5. The molecule has 0 aliphatic heterocycles. The Kier molecular flexibility index (Phi) is 8.98. The van der Waals surface area contributed by atoms with Gasteiger partial charge in [0.2, 0.25) is 10.0 Å². The fourth-order valence-corrected chi connectivity index (χ4v) is 5.17. The molecule has 0 spiro atoms.